The van der Waals surface area contributed by atoms with E-state index in [-0.39, 0.29) is 11.6 Å². The van der Waals surface area contributed by atoms with E-state index in [1.165, 1.54) is 0 Å². The highest BCUT2D eigenvalue weighted by atomic mass is 16.5. The number of hydrogen-bond donors (Lipinski definition) is 0. The molecule has 0 spiro atoms. The zero-order chi connectivity index (χ0) is 14.1. The van der Waals surface area contributed by atoms with Crippen molar-refractivity contribution in [2.24, 2.45) is 0 Å². The number of Topliss-reactive ketones (excluding diaryl/α,β-unsaturated/α-hetero) is 2. The number of rotatable bonds is 2. The topological polar surface area (TPSA) is 46.6 Å². The molecule has 2 aliphatic rings. The Morgan fingerprint density at radius 2 is 1.65 bits per heavy atom. The summed E-state index contributed by atoms with van der Waals surface area (Å²) < 4.78 is 5.31. The van der Waals surface area contributed by atoms with Gasteiger partial charge in [-0.25, -0.2) is 0 Å². The van der Waals surface area contributed by atoms with Crippen LogP contribution in [-0.2, 0) is 4.74 Å². The predicted molar refractivity (Wildman–Crippen MR) is 75.1 cm³/mol. The molecule has 1 saturated heterocycles. The molecule has 0 aromatic heterocycles. The molecule has 0 amide bonds. The summed E-state index contributed by atoms with van der Waals surface area (Å²) in [5.41, 5.74) is 2.28. The Bertz CT molecular complexity index is 597. The number of ether oxygens (including phenoxy) is 1. The SMILES string of the molecule is CC1=C(CN2CCOCC2)C(=O)c2ccccc2C1=O. The predicted octanol–water partition coefficient (Wildman–Crippen LogP) is 1.71. The molecule has 1 aromatic carbocycles. The fourth-order valence-corrected chi connectivity index (χ4v) is 2.72. The van der Waals surface area contributed by atoms with Crippen molar-refractivity contribution >= 4 is 11.6 Å². The number of carbonyl (C=O) groups is 2. The number of morpholine rings is 1. The molecule has 4 heteroatoms. The van der Waals surface area contributed by atoms with Crippen LogP contribution in [0.5, 0.6) is 0 Å². The number of carbonyl (C=O) groups excluding carboxylic acids is 2. The van der Waals surface area contributed by atoms with Crippen LogP contribution in [0.3, 0.4) is 0 Å². The highest BCUT2D eigenvalue weighted by molar-refractivity contribution is 6.26. The lowest BCUT2D eigenvalue weighted by Crippen LogP contribution is -2.39. The summed E-state index contributed by atoms with van der Waals surface area (Å²) in [6.07, 6.45) is 0. The fraction of sp³-hybridized carbons (Fsp3) is 0.375. The van der Waals surface area contributed by atoms with Gasteiger partial charge in [0.05, 0.1) is 13.2 Å². The number of benzene rings is 1. The molecule has 3 rings (SSSR count). The summed E-state index contributed by atoms with van der Waals surface area (Å²) in [7, 11) is 0. The van der Waals surface area contributed by atoms with Crippen LogP contribution in [0, 0.1) is 0 Å². The van der Waals surface area contributed by atoms with Gasteiger partial charge in [0.1, 0.15) is 0 Å². The van der Waals surface area contributed by atoms with Crippen LogP contribution in [-0.4, -0.2) is 49.3 Å². The van der Waals surface area contributed by atoms with Crippen molar-refractivity contribution in [2.75, 3.05) is 32.8 Å². The second-order valence-corrected chi connectivity index (χ2v) is 5.20. The zero-order valence-electron chi connectivity index (χ0n) is 11.5. The van der Waals surface area contributed by atoms with Crippen molar-refractivity contribution in [3.8, 4) is 0 Å². The number of fused-ring (bicyclic) bond motifs is 1. The number of ketones is 2. The van der Waals surface area contributed by atoms with Gasteiger partial charge in [0.2, 0.25) is 0 Å². The monoisotopic (exact) mass is 271 g/mol. The van der Waals surface area contributed by atoms with Gasteiger partial charge in [-0.3, -0.25) is 14.5 Å². The molecule has 0 saturated carbocycles. The first-order valence-corrected chi connectivity index (χ1v) is 6.87. The number of allylic oxidation sites excluding steroid dienone is 1. The van der Waals surface area contributed by atoms with E-state index < -0.39 is 0 Å². The van der Waals surface area contributed by atoms with Crippen molar-refractivity contribution < 1.29 is 14.3 Å². The second kappa shape index (κ2) is 5.31. The van der Waals surface area contributed by atoms with Gasteiger partial charge < -0.3 is 4.74 Å². The number of nitrogens with zero attached hydrogens (tertiary/aromatic N) is 1. The molecule has 1 aromatic rings. The number of hydrogen-bond acceptors (Lipinski definition) is 4. The van der Waals surface area contributed by atoms with Crippen molar-refractivity contribution in [2.45, 2.75) is 6.92 Å². The summed E-state index contributed by atoms with van der Waals surface area (Å²) >= 11 is 0. The third-order valence-electron chi connectivity index (χ3n) is 3.97. The van der Waals surface area contributed by atoms with E-state index >= 15 is 0 Å². The van der Waals surface area contributed by atoms with Gasteiger partial charge in [-0.15, -0.1) is 0 Å². The van der Waals surface area contributed by atoms with E-state index in [0.717, 1.165) is 13.1 Å². The average Bonchev–Trinajstić information content (AvgIpc) is 2.50. The van der Waals surface area contributed by atoms with Gasteiger partial charge in [-0.05, 0) is 6.92 Å². The summed E-state index contributed by atoms with van der Waals surface area (Å²) in [4.78, 5) is 27.1. The third-order valence-corrected chi connectivity index (χ3v) is 3.97. The summed E-state index contributed by atoms with van der Waals surface area (Å²) in [6, 6.07) is 7.06. The van der Waals surface area contributed by atoms with Crippen LogP contribution >= 0.6 is 0 Å². The van der Waals surface area contributed by atoms with Crippen molar-refractivity contribution in [1.82, 2.24) is 4.90 Å². The summed E-state index contributed by atoms with van der Waals surface area (Å²) in [5, 5.41) is 0. The van der Waals surface area contributed by atoms with E-state index in [4.69, 9.17) is 4.74 Å². The minimum absolute atomic E-state index is 0.0100. The van der Waals surface area contributed by atoms with Gasteiger partial charge in [0, 0.05) is 41.9 Å². The largest absolute Gasteiger partial charge is 0.379 e. The first kappa shape index (κ1) is 13.2. The molecule has 0 atom stereocenters. The molecular weight excluding hydrogens is 254 g/mol. The third kappa shape index (κ3) is 2.21. The zero-order valence-corrected chi connectivity index (χ0v) is 11.5. The van der Waals surface area contributed by atoms with Gasteiger partial charge in [-0.2, -0.15) is 0 Å². The molecule has 20 heavy (non-hydrogen) atoms. The molecule has 1 aliphatic heterocycles. The lowest BCUT2D eigenvalue weighted by molar-refractivity contribution is 0.0416. The quantitative estimate of drug-likeness (QED) is 0.821. The van der Waals surface area contributed by atoms with Gasteiger partial charge in [0.15, 0.2) is 11.6 Å². The molecule has 104 valence electrons. The molecule has 1 heterocycles. The van der Waals surface area contributed by atoms with Crippen molar-refractivity contribution in [3.05, 3.63) is 46.5 Å². The van der Waals surface area contributed by atoms with Crippen LogP contribution in [0.2, 0.25) is 0 Å². The van der Waals surface area contributed by atoms with Crippen LogP contribution in [0.15, 0.2) is 35.4 Å². The molecule has 0 radical (unpaired) electrons. The molecule has 1 aliphatic carbocycles. The molecule has 0 bridgehead atoms. The van der Waals surface area contributed by atoms with Crippen molar-refractivity contribution in [1.29, 1.82) is 0 Å². The lowest BCUT2D eigenvalue weighted by atomic mass is 9.84. The van der Waals surface area contributed by atoms with E-state index in [2.05, 4.69) is 4.90 Å². The molecular formula is C16H17NO3. The molecule has 0 unspecified atom stereocenters. The fourth-order valence-electron chi connectivity index (χ4n) is 2.72. The first-order chi connectivity index (χ1) is 9.68. The van der Waals surface area contributed by atoms with Crippen LogP contribution in [0.4, 0.5) is 0 Å². The maximum Gasteiger partial charge on any atom is 0.191 e. The van der Waals surface area contributed by atoms with Crippen molar-refractivity contribution in [3.63, 3.8) is 0 Å². The van der Waals surface area contributed by atoms with Crippen LogP contribution in [0.1, 0.15) is 27.6 Å². The Labute approximate surface area is 118 Å². The molecule has 0 N–H and O–H groups in total. The standard InChI is InChI=1S/C16H17NO3/c1-11-14(10-17-6-8-20-9-7-17)16(19)13-5-3-2-4-12(13)15(11)18/h2-5H,6-10H2,1H3. The Balaban J connectivity index is 1.92. The Morgan fingerprint density at radius 3 is 2.30 bits per heavy atom. The highest BCUT2D eigenvalue weighted by Crippen LogP contribution is 2.26. The maximum atomic E-state index is 12.6. The smallest absolute Gasteiger partial charge is 0.191 e. The summed E-state index contributed by atoms with van der Waals surface area (Å²) in [5.74, 6) is -0.0346. The Morgan fingerprint density at radius 1 is 1.05 bits per heavy atom. The Hall–Kier alpha value is -1.78. The van der Waals surface area contributed by atoms with Crippen LogP contribution in [0.25, 0.3) is 0 Å². The summed E-state index contributed by atoms with van der Waals surface area (Å²) in [6.45, 7) is 5.27. The molecule has 1 fully saturated rings. The second-order valence-electron chi connectivity index (χ2n) is 5.20. The van der Waals surface area contributed by atoms with Gasteiger partial charge in [0.25, 0.3) is 0 Å². The van der Waals surface area contributed by atoms with Gasteiger partial charge in [-0.1, -0.05) is 24.3 Å². The minimum Gasteiger partial charge on any atom is -0.379 e. The van der Waals surface area contributed by atoms with E-state index in [9.17, 15) is 9.59 Å². The minimum atomic E-state index is -0.0246. The van der Waals surface area contributed by atoms with E-state index in [0.29, 0.717) is 42.0 Å². The van der Waals surface area contributed by atoms with E-state index in [1.54, 1.807) is 31.2 Å². The Kier molecular flexibility index (Phi) is 3.51. The van der Waals surface area contributed by atoms with Gasteiger partial charge >= 0.3 is 0 Å². The van der Waals surface area contributed by atoms with Crippen LogP contribution < -0.4 is 0 Å². The maximum absolute atomic E-state index is 12.6. The van der Waals surface area contributed by atoms with E-state index in [1.807, 2.05) is 0 Å². The molecule has 4 nitrogen and oxygen atoms in total. The first-order valence-electron chi connectivity index (χ1n) is 6.87. The normalized spacial score (nSPS) is 20.2. The highest BCUT2D eigenvalue weighted by Gasteiger charge is 2.30. The lowest BCUT2D eigenvalue weighted by Gasteiger charge is -2.29. The average molecular weight is 271 g/mol.